The molecule has 9 heteroatoms. The van der Waals surface area contributed by atoms with Gasteiger partial charge in [-0.1, -0.05) is 13.3 Å². The van der Waals surface area contributed by atoms with Crippen molar-refractivity contribution >= 4 is 33.5 Å². The lowest BCUT2D eigenvalue weighted by molar-refractivity contribution is 0.0502. The fourth-order valence-corrected chi connectivity index (χ4v) is 3.23. The molecule has 0 aromatic carbocycles. The minimum Gasteiger partial charge on any atom is -0.475 e. The quantitative estimate of drug-likeness (QED) is 0.498. The summed E-state index contributed by atoms with van der Waals surface area (Å²) in [6, 6.07) is 2.80. The average molecular weight is 376 g/mol. The molecule has 0 saturated carbocycles. The van der Waals surface area contributed by atoms with Crippen LogP contribution in [-0.4, -0.2) is 33.2 Å². The van der Waals surface area contributed by atoms with Crippen LogP contribution in [0.3, 0.4) is 0 Å². The van der Waals surface area contributed by atoms with E-state index in [0.717, 1.165) is 12.8 Å². The number of carbonyl (C=O) groups is 2. The summed E-state index contributed by atoms with van der Waals surface area (Å²) in [7, 11) is 0. The number of aromatic nitrogens is 2. The van der Waals surface area contributed by atoms with Crippen LogP contribution < -0.4 is 5.56 Å². The van der Waals surface area contributed by atoms with Crippen LogP contribution in [0.5, 0.6) is 0 Å². The number of esters is 1. The number of carbonyl (C=O) groups excluding carboxylic acids is 1. The van der Waals surface area contributed by atoms with Gasteiger partial charge in [0.2, 0.25) is 5.76 Å². The summed E-state index contributed by atoms with van der Waals surface area (Å²) in [5.41, 5.74) is -0.217. The van der Waals surface area contributed by atoms with Gasteiger partial charge in [-0.2, -0.15) is 0 Å². The van der Waals surface area contributed by atoms with Crippen molar-refractivity contribution in [2.75, 3.05) is 6.61 Å². The Morgan fingerprint density at radius 2 is 2.19 bits per heavy atom. The molecule has 0 unspecified atom stereocenters. The van der Waals surface area contributed by atoms with Crippen LogP contribution >= 0.6 is 11.3 Å². The summed E-state index contributed by atoms with van der Waals surface area (Å²) >= 11 is 1.19. The van der Waals surface area contributed by atoms with Gasteiger partial charge in [0.25, 0.3) is 5.56 Å². The zero-order valence-corrected chi connectivity index (χ0v) is 14.7. The Kier molecular flexibility index (Phi) is 5.17. The van der Waals surface area contributed by atoms with E-state index in [1.165, 1.54) is 34.4 Å². The topological polar surface area (TPSA) is 112 Å². The molecule has 0 spiro atoms. The molecular formula is C17H16N2O6S. The molecule has 0 saturated heterocycles. The predicted molar refractivity (Wildman–Crippen MR) is 93.8 cm³/mol. The van der Waals surface area contributed by atoms with Crippen molar-refractivity contribution in [3.63, 3.8) is 0 Å². The summed E-state index contributed by atoms with van der Waals surface area (Å²) in [4.78, 5) is 40.5. The first-order chi connectivity index (χ1) is 12.5. The zero-order valence-electron chi connectivity index (χ0n) is 13.9. The molecule has 0 fully saturated rings. The Hall–Kier alpha value is -2.94. The first-order valence-corrected chi connectivity index (χ1v) is 8.85. The predicted octanol–water partition coefficient (Wildman–Crippen LogP) is 2.75. The van der Waals surface area contributed by atoms with Gasteiger partial charge in [0.15, 0.2) is 0 Å². The molecule has 3 heterocycles. The molecule has 3 rings (SSSR count). The number of carboxylic acids is 1. The van der Waals surface area contributed by atoms with E-state index in [2.05, 4.69) is 4.98 Å². The summed E-state index contributed by atoms with van der Waals surface area (Å²) in [5, 5.41) is 10.7. The van der Waals surface area contributed by atoms with E-state index in [1.54, 1.807) is 5.38 Å². The molecule has 3 aromatic heterocycles. The molecule has 0 atom stereocenters. The lowest BCUT2D eigenvalue weighted by Crippen LogP contribution is -2.22. The summed E-state index contributed by atoms with van der Waals surface area (Å²) in [5.74, 6) is -1.65. The second kappa shape index (κ2) is 7.52. The van der Waals surface area contributed by atoms with Crippen molar-refractivity contribution in [1.82, 2.24) is 9.55 Å². The molecule has 0 bridgehead atoms. The fourth-order valence-electron chi connectivity index (χ4n) is 2.36. The highest BCUT2D eigenvalue weighted by Crippen LogP contribution is 2.22. The summed E-state index contributed by atoms with van der Waals surface area (Å²) < 4.78 is 11.6. The van der Waals surface area contributed by atoms with E-state index in [-0.39, 0.29) is 23.3 Å². The smallest absolute Gasteiger partial charge is 0.371 e. The molecule has 0 aliphatic rings. The van der Waals surface area contributed by atoms with Crippen molar-refractivity contribution in [3.05, 3.63) is 51.3 Å². The SMILES string of the molecule is CCCCOC(=O)c1csc2ncn(Cc3ccc(C(=O)O)o3)c(=O)c12. The summed E-state index contributed by atoms with van der Waals surface area (Å²) in [6.07, 6.45) is 2.99. The monoisotopic (exact) mass is 376 g/mol. The van der Waals surface area contributed by atoms with Gasteiger partial charge in [0, 0.05) is 5.38 Å². The first-order valence-electron chi connectivity index (χ1n) is 7.97. The third-order valence-electron chi connectivity index (χ3n) is 3.71. The van der Waals surface area contributed by atoms with E-state index in [9.17, 15) is 14.4 Å². The molecule has 3 aromatic rings. The van der Waals surface area contributed by atoms with E-state index in [1.807, 2.05) is 6.92 Å². The molecule has 1 N–H and O–H groups in total. The maximum Gasteiger partial charge on any atom is 0.371 e. The standard InChI is InChI=1S/C17H16N2O6S/c1-2-3-6-24-17(23)11-8-26-14-13(11)15(20)19(9-18-14)7-10-4-5-12(25-10)16(21)22/h4-5,8-9H,2-3,6-7H2,1H3,(H,21,22). The fraction of sp³-hybridized carbons (Fsp3) is 0.294. The number of hydrogen-bond donors (Lipinski definition) is 1. The van der Waals surface area contributed by atoms with Gasteiger partial charge < -0.3 is 14.3 Å². The Labute approximate surface area is 151 Å². The minimum absolute atomic E-state index is 0.00915. The second-order valence-corrected chi connectivity index (χ2v) is 6.43. The molecule has 0 radical (unpaired) electrons. The van der Waals surface area contributed by atoms with Crippen LogP contribution in [0.25, 0.3) is 10.2 Å². The number of hydrogen-bond acceptors (Lipinski definition) is 7. The van der Waals surface area contributed by atoms with Crippen LogP contribution in [-0.2, 0) is 11.3 Å². The van der Waals surface area contributed by atoms with Crippen LogP contribution in [0.4, 0.5) is 0 Å². The van der Waals surface area contributed by atoms with E-state index < -0.39 is 17.5 Å². The normalized spacial score (nSPS) is 11.0. The van der Waals surface area contributed by atoms with Crippen LogP contribution in [0, 0.1) is 0 Å². The van der Waals surface area contributed by atoms with Crippen LogP contribution in [0.1, 0.15) is 46.4 Å². The largest absolute Gasteiger partial charge is 0.475 e. The Morgan fingerprint density at radius 1 is 1.38 bits per heavy atom. The third kappa shape index (κ3) is 3.52. The lowest BCUT2D eigenvalue weighted by atomic mass is 10.2. The molecule has 136 valence electrons. The first kappa shape index (κ1) is 17.9. The van der Waals surface area contributed by atoms with Crippen molar-refractivity contribution in [1.29, 1.82) is 0 Å². The molecule has 0 aliphatic heterocycles. The number of thiophene rings is 1. The van der Waals surface area contributed by atoms with E-state index >= 15 is 0 Å². The molecular weight excluding hydrogens is 360 g/mol. The highest BCUT2D eigenvalue weighted by molar-refractivity contribution is 7.17. The van der Waals surface area contributed by atoms with Crippen molar-refractivity contribution < 1.29 is 23.8 Å². The maximum atomic E-state index is 12.8. The molecule has 0 aliphatic carbocycles. The molecule has 0 amide bonds. The van der Waals surface area contributed by atoms with Gasteiger partial charge >= 0.3 is 11.9 Å². The van der Waals surface area contributed by atoms with E-state index in [0.29, 0.717) is 17.2 Å². The number of nitrogens with zero attached hydrogens (tertiary/aromatic N) is 2. The van der Waals surface area contributed by atoms with Gasteiger partial charge in [0.1, 0.15) is 10.6 Å². The zero-order chi connectivity index (χ0) is 18.7. The number of aromatic carboxylic acids is 1. The Morgan fingerprint density at radius 3 is 2.88 bits per heavy atom. The van der Waals surface area contributed by atoms with Gasteiger partial charge in [0.05, 0.1) is 30.4 Å². The number of ether oxygens (including phenoxy) is 1. The Balaban J connectivity index is 1.91. The second-order valence-electron chi connectivity index (χ2n) is 5.57. The van der Waals surface area contributed by atoms with Crippen LogP contribution in [0.2, 0.25) is 0 Å². The Bertz CT molecular complexity index is 1020. The van der Waals surface area contributed by atoms with Gasteiger partial charge in [-0.15, -0.1) is 11.3 Å². The van der Waals surface area contributed by atoms with Crippen molar-refractivity contribution in [3.8, 4) is 0 Å². The third-order valence-corrected chi connectivity index (χ3v) is 4.60. The maximum absolute atomic E-state index is 12.8. The summed E-state index contributed by atoms with van der Waals surface area (Å²) in [6.45, 7) is 2.29. The van der Waals surface area contributed by atoms with Gasteiger partial charge in [-0.25, -0.2) is 14.6 Å². The number of fused-ring (bicyclic) bond motifs is 1. The lowest BCUT2D eigenvalue weighted by Gasteiger charge is -2.05. The number of rotatable bonds is 7. The number of unbranched alkanes of at least 4 members (excludes halogenated alkanes) is 1. The number of furan rings is 1. The van der Waals surface area contributed by atoms with Gasteiger partial charge in [-0.05, 0) is 18.6 Å². The van der Waals surface area contributed by atoms with Crippen LogP contribution in [0.15, 0.2) is 33.1 Å². The average Bonchev–Trinajstić information content (AvgIpc) is 3.25. The molecule has 26 heavy (non-hydrogen) atoms. The molecule has 8 nitrogen and oxygen atoms in total. The highest BCUT2D eigenvalue weighted by atomic mass is 32.1. The van der Waals surface area contributed by atoms with Gasteiger partial charge in [-0.3, -0.25) is 9.36 Å². The van der Waals surface area contributed by atoms with Crippen molar-refractivity contribution in [2.24, 2.45) is 0 Å². The van der Waals surface area contributed by atoms with E-state index in [4.69, 9.17) is 14.3 Å². The highest BCUT2D eigenvalue weighted by Gasteiger charge is 2.19. The minimum atomic E-state index is -1.19. The van der Waals surface area contributed by atoms with Crippen molar-refractivity contribution in [2.45, 2.75) is 26.3 Å². The number of carboxylic acid groups (broad SMARTS) is 1.